The van der Waals surface area contributed by atoms with Crippen molar-refractivity contribution >= 4 is 37.4 Å². The standard InChI is InChI=1S/C25H33N7O4S2/c1-32(25-26-13-12-23(28-25)27-24-15-22(29-30-24)18-6-7-18)20-10-8-19(9-11-20)31-38(35,36)16-17-4-3-5-21(14-17)37(2,33)34/h3-5,12-15,18-20,31H,6-11,16H2,1-2H3,(H2,26,27,28,29,30). The van der Waals surface area contributed by atoms with E-state index in [1.807, 2.05) is 18.0 Å². The Balaban J connectivity index is 1.14. The van der Waals surface area contributed by atoms with Crippen LogP contribution in [0.2, 0.25) is 0 Å². The zero-order valence-corrected chi connectivity index (χ0v) is 23.1. The number of nitrogens with zero attached hydrogens (tertiary/aromatic N) is 4. The summed E-state index contributed by atoms with van der Waals surface area (Å²) >= 11 is 0. The predicted octanol–water partition coefficient (Wildman–Crippen LogP) is 3.09. The average molecular weight is 560 g/mol. The van der Waals surface area contributed by atoms with E-state index in [1.165, 1.54) is 25.0 Å². The molecule has 1 aromatic carbocycles. The van der Waals surface area contributed by atoms with Gasteiger partial charge in [-0.2, -0.15) is 10.1 Å². The van der Waals surface area contributed by atoms with E-state index in [-0.39, 0.29) is 22.7 Å². The van der Waals surface area contributed by atoms with Crippen molar-refractivity contribution in [3.63, 3.8) is 0 Å². The molecule has 0 unspecified atom stereocenters. The van der Waals surface area contributed by atoms with E-state index in [4.69, 9.17) is 0 Å². The number of anilines is 3. The number of nitrogens with one attached hydrogen (secondary N) is 3. The van der Waals surface area contributed by atoms with Crippen LogP contribution in [-0.4, -0.2) is 62.4 Å². The van der Waals surface area contributed by atoms with Gasteiger partial charge in [0.25, 0.3) is 0 Å². The van der Waals surface area contributed by atoms with Gasteiger partial charge in [-0.3, -0.25) is 5.10 Å². The van der Waals surface area contributed by atoms with Gasteiger partial charge in [0.05, 0.1) is 10.6 Å². The number of benzene rings is 1. The van der Waals surface area contributed by atoms with Crippen LogP contribution in [0, 0.1) is 0 Å². The van der Waals surface area contributed by atoms with Gasteiger partial charge in [0.2, 0.25) is 16.0 Å². The first-order chi connectivity index (χ1) is 18.1. The van der Waals surface area contributed by atoms with Crippen LogP contribution in [0.4, 0.5) is 17.6 Å². The van der Waals surface area contributed by atoms with Crippen LogP contribution in [0.15, 0.2) is 47.5 Å². The normalized spacial score (nSPS) is 20.3. The summed E-state index contributed by atoms with van der Waals surface area (Å²) in [6.07, 6.45) is 8.18. The lowest BCUT2D eigenvalue weighted by atomic mass is 9.91. The third kappa shape index (κ3) is 6.69. The highest BCUT2D eigenvalue weighted by molar-refractivity contribution is 7.90. The van der Waals surface area contributed by atoms with Crippen molar-refractivity contribution in [3.8, 4) is 0 Å². The molecule has 2 aliphatic rings. The summed E-state index contributed by atoms with van der Waals surface area (Å²) in [6, 6.07) is 9.92. The van der Waals surface area contributed by atoms with Gasteiger partial charge in [-0.05, 0) is 62.3 Å². The summed E-state index contributed by atoms with van der Waals surface area (Å²) in [4.78, 5) is 11.3. The summed E-state index contributed by atoms with van der Waals surface area (Å²) in [5.74, 6) is 2.33. The lowest BCUT2D eigenvalue weighted by Crippen LogP contribution is -2.43. The van der Waals surface area contributed by atoms with Crippen molar-refractivity contribution in [2.75, 3.05) is 23.5 Å². The number of H-pyrrole nitrogens is 1. The third-order valence-corrected chi connectivity index (χ3v) is 9.62. The monoisotopic (exact) mass is 559 g/mol. The molecule has 5 rings (SSSR count). The first kappa shape index (κ1) is 26.6. The molecule has 0 atom stereocenters. The molecule has 38 heavy (non-hydrogen) atoms. The van der Waals surface area contributed by atoms with Gasteiger partial charge >= 0.3 is 0 Å². The topological polar surface area (TPSA) is 150 Å². The molecule has 2 saturated carbocycles. The van der Waals surface area contributed by atoms with Crippen molar-refractivity contribution in [1.29, 1.82) is 0 Å². The molecule has 3 aromatic rings. The van der Waals surface area contributed by atoms with E-state index in [0.717, 1.165) is 30.6 Å². The minimum absolute atomic E-state index is 0.114. The van der Waals surface area contributed by atoms with Crippen molar-refractivity contribution < 1.29 is 16.8 Å². The van der Waals surface area contributed by atoms with Crippen molar-refractivity contribution in [3.05, 3.63) is 53.9 Å². The minimum Gasteiger partial charge on any atom is -0.341 e. The molecule has 0 aliphatic heterocycles. The number of rotatable bonds is 10. The Hall–Kier alpha value is -3.03. The quantitative estimate of drug-likeness (QED) is 0.340. The fourth-order valence-corrected chi connectivity index (χ4v) is 6.99. The van der Waals surface area contributed by atoms with Crippen LogP contribution in [0.3, 0.4) is 0 Å². The lowest BCUT2D eigenvalue weighted by molar-refractivity contribution is 0.363. The second-order valence-electron chi connectivity index (χ2n) is 10.3. The van der Waals surface area contributed by atoms with Crippen molar-refractivity contribution in [2.24, 2.45) is 0 Å². The Labute approximate surface area is 223 Å². The van der Waals surface area contributed by atoms with E-state index in [2.05, 4.69) is 30.2 Å². The molecule has 0 bridgehead atoms. The molecular formula is C25H33N7O4S2. The molecule has 0 amide bonds. The molecular weight excluding hydrogens is 526 g/mol. The van der Waals surface area contributed by atoms with Crippen molar-refractivity contribution in [1.82, 2.24) is 24.9 Å². The zero-order chi connectivity index (χ0) is 26.9. The summed E-state index contributed by atoms with van der Waals surface area (Å²) in [7, 11) is -5.06. The van der Waals surface area contributed by atoms with Crippen LogP contribution in [0.25, 0.3) is 0 Å². The largest absolute Gasteiger partial charge is 0.341 e. The Morgan fingerprint density at radius 2 is 1.76 bits per heavy atom. The van der Waals surface area contributed by atoms with E-state index in [0.29, 0.717) is 36.1 Å². The maximum absolute atomic E-state index is 12.8. The van der Waals surface area contributed by atoms with E-state index >= 15 is 0 Å². The lowest BCUT2D eigenvalue weighted by Gasteiger charge is -2.34. The molecule has 11 nitrogen and oxygen atoms in total. The summed E-state index contributed by atoms with van der Waals surface area (Å²) in [6.45, 7) is 0. The molecule has 0 spiro atoms. The fourth-order valence-electron chi connectivity index (χ4n) is 4.85. The summed E-state index contributed by atoms with van der Waals surface area (Å²) in [5, 5.41) is 10.6. The molecule has 0 saturated heterocycles. The molecule has 13 heteroatoms. The molecule has 2 aliphatic carbocycles. The molecule has 2 aromatic heterocycles. The number of aromatic nitrogens is 4. The summed E-state index contributed by atoms with van der Waals surface area (Å²) in [5.41, 5.74) is 1.59. The maximum Gasteiger partial charge on any atom is 0.227 e. The molecule has 0 radical (unpaired) electrons. The molecule has 204 valence electrons. The summed E-state index contributed by atoms with van der Waals surface area (Å²) < 4.78 is 52.0. The van der Waals surface area contributed by atoms with Gasteiger partial charge in [-0.15, -0.1) is 0 Å². The first-order valence-electron chi connectivity index (χ1n) is 12.7. The van der Waals surface area contributed by atoms with Gasteiger partial charge in [0.1, 0.15) is 5.82 Å². The van der Waals surface area contributed by atoms with Gasteiger partial charge in [-0.25, -0.2) is 26.5 Å². The van der Waals surface area contributed by atoms with E-state index < -0.39 is 19.9 Å². The number of hydrogen-bond donors (Lipinski definition) is 3. The number of aromatic amines is 1. The Bertz CT molecular complexity index is 1500. The zero-order valence-electron chi connectivity index (χ0n) is 21.5. The second kappa shape index (κ2) is 10.6. The van der Waals surface area contributed by atoms with Gasteiger partial charge in [0.15, 0.2) is 15.7 Å². The number of hydrogen-bond acceptors (Lipinski definition) is 9. The molecule has 3 N–H and O–H groups in total. The Morgan fingerprint density at radius 3 is 2.47 bits per heavy atom. The van der Waals surface area contributed by atoms with E-state index in [1.54, 1.807) is 24.4 Å². The number of sulfone groups is 1. The molecule has 2 heterocycles. The highest BCUT2D eigenvalue weighted by Crippen LogP contribution is 2.39. The third-order valence-electron chi connectivity index (χ3n) is 7.10. The smallest absolute Gasteiger partial charge is 0.227 e. The SMILES string of the molecule is CN(c1nccc(Nc2cc(C3CC3)[nH]n2)n1)C1CCC(NS(=O)(=O)Cc2cccc(S(C)(=O)=O)c2)CC1. The average Bonchev–Trinajstić information content (AvgIpc) is 3.62. The highest BCUT2D eigenvalue weighted by Gasteiger charge is 2.28. The van der Waals surface area contributed by atoms with Crippen LogP contribution >= 0.6 is 0 Å². The number of sulfonamides is 1. The first-order valence-corrected chi connectivity index (χ1v) is 16.3. The van der Waals surface area contributed by atoms with Crippen LogP contribution in [0.1, 0.15) is 55.7 Å². The predicted molar refractivity (Wildman–Crippen MR) is 146 cm³/mol. The molecule has 2 fully saturated rings. The van der Waals surface area contributed by atoms with Gasteiger partial charge < -0.3 is 10.2 Å². The van der Waals surface area contributed by atoms with Crippen LogP contribution in [-0.2, 0) is 25.6 Å². The van der Waals surface area contributed by atoms with Crippen LogP contribution in [0.5, 0.6) is 0 Å². The van der Waals surface area contributed by atoms with E-state index in [9.17, 15) is 16.8 Å². The highest BCUT2D eigenvalue weighted by atomic mass is 32.2. The second-order valence-corrected chi connectivity index (χ2v) is 14.0. The Kier molecular flexibility index (Phi) is 7.43. The van der Waals surface area contributed by atoms with Crippen molar-refractivity contribution in [2.45, 2.75) is 67.2 Å². The van der Waals surface area contributed by atoms with Gasteiger partial charge in [0, 0.05) is 49.3 Å². The van der Waals surface area contributed by atoms with Crippen LogP contribution < -0.4 is 14.9 Å². The Morgan fingerprint density at radius 1 is 1.00 bits per heavy atom. The minimum atomic E-state index is -3.62. The fraction of sp³-hybridized carbons (Fsp3) is 0.480. The maximum atomic E-state index is 12.8. The van der Waals surface area contributed by atoms with Gasteiger partial charge in [-0.1, -0.05) is 12.1 Å².